The lowest BCUT2D eigenvalue weighted by atomic mass is 9.95. The Kier molecular flexibility index (Phi) is 6.45. The Labute approximate surface area is 198 Å². The Balaban J connectivity index is 1.88. The van der Waals surface area contributed by atoms with Crippen LogP contribution in [0.15, 0.2) is 64.8 Å². The van der Waals surface area contributed by atoms with Gasteiger partial charge in [-0.25, -0.2) is 0 Å². The number of rotatable bonds is 7. The second kappa shape index (κ2) is 9.47. The number of carbonyl (C=O) groups excluding carboxylic acids is 2. The van der Waals surface area contributed by atoms with Crippen LogP contribution >= 0.6 is 0 Å². The number of aryl methyl sites for hydroxylation is 2. The Morgan fingerprint density at radius 2 is 1.88 bits per heavy atom. The van der Waals surface area contributed by atoms with E-state index in [2.05, 4.69) is 0 Å². The van der Waals surface area contributed by atoms with Crippen molar-refractivity contribution in [2.45, 2.75) is 33.2 Å². The van der Waals surface area contributed by atoms with Crippen LogP contribution < -0.4 is 14.4 Å². The summed E-state index contributed by atoms with van der Waals surface area (Å²) in [4.78, 5) is 27.9. The molecular formula is C27H27NO6. The molecule has 2 heterocycles. The highest BCUT2D eigenvalue weighted by molar-refractivity contribution is 6.51. The minimum Gasteiger partial charge on any atom is -0.507 e. The summed E-state index contributed by atoms with van der Waals surface area (Å²) in [6, 6.07) is 12.9. The number of ether oxygens (including phenoxy) is 2. The molecule has 3 aromatic rings. The van der Waals surface area contributed by atoms with Crippen molar-refractivity contribution in [3.05, 3.63) is 82.8 Å². The van der Waals surface area contributed by atoms with Gasteiger partial charge in [-0.1, -0.05) is 13.0 Å². The third-order valence-electron chi connectivity index (χ3n) is 5.82. The largest absolute Gasteiger partial charge is 0.507 e. The minimum absolute atomic E-state index is 0.0347. The number of Topliss-reactive ketones (excluding diaryl/α,β-unsaturated/α-hetero) is 1. The number of ketones is 1. The van der Waals surface area contributed by atoms with E-state index < -0.39 is 17.7 Å². The van der Waals surface area contributed by atoms with Crippen molar-refractivity contribution >= 4 is 23.1 Å². The van der Waals surface area contributed by atoms with Crippen LogP contribution in [0.25, 0.3) is 5.76 Å². The Hall–Kier alpha value is -4.00. The molecule has 1 saturated heterocycles. The molecule has 7 nitrogen and oxygen atoms in total. The lowest BCUT2D eigenvalue weighted by molar-refractivity contribution is -0.132. The molecule has 1 aliphatic heterocycles. The molecule has 0 aliphatic carbocycles. The predicted molar refractivity (Wildman–Crippen MR) is 128 cm³/mol. The highest BCUT2D eigenvalue weighted by Crippen LogP contribution is 2.43. The van der Waals surface area contributed by atoms with E-state index in [1.54, 1.807) is 55.6 Å². The highest BCUT2D eigenvalue weighted by atomic mass is 16.5. The zero-order valence-corrected chi connectivity index (χ0v) is 19.6. The van der Waals surface area contributed by atoms with Gasteiger partial charge in [-0.15, -0.1) is 0 Å². The van der Waals surface area contributed by atoms with Crippen LogP contribution in [-0.4, -0.2) is 30.5 Å². The van der Waals surface area contributed by atoms with Crippen LogP contribution in [0.2, 0.25) is 0 Å². The quantitative estimate of drug-likeness (QED) is 0.291. The average Bonchev–Trinajstić information content (AvgIpc) is 3.45. The van der Waals surface area contributed by atoms with Gasteiger partial charge in [-0.2, -0.15) is 0 Å². The van der Waals surface area contributed by atoms with Gasteiger partial charge in [-0.05, 0) is 67.8 Å². The van der Waals surface area contributed by atoms with Crippen molar-refractivity contribution in [3.63, 3.8) is 0 Å². The Morgan fingerprint density at radius 1 is 1.09 bits per heavy atom. The van der Waals surface area contributed by atoms with E-state index >= 15 is 0 Å². The first-order valence-corrected chi connectivity index (χ1v) is 11.1. The molecule has 1 amide bonds. The van der Waals surface area contributed by atoms with Crippen LogP contribution in [0.5, 0.6) is 11.5 Å². The number of aliphatic hydroxyl groups excluding tert-OH is 1. The molecule has 1 unspecified atom stereocenters. The minimum atomic E-state index is -0.932. The van der Waals surface area contributed by atoms with Gasteiger partial charge in [0.1, 0.15) is 29.1 Å². The van der Waals surface area contributed by atoms with Crippen molar-refractivity contribution < 1.29 is 28.6 Å². The van der Waals surface area contributed by atoms with Gasteiger partial charge >= 0.3 is 0 Å². The molecule has 34 heavy (non-hydrogen) atoms. The van der Waals surface area contributed by atoms with Gasteiger partial charge in [-0.3, -0.25) is 14.5 Å². The molecule has 2 aromatic carbocycles. The van der Waals surface area contributed by atoms with E-state index in [0.717, 1.165) is 12.0 Å². The number of carbonyl (C=O) groups is 2. The zero-order chi connectivity index (χ0) is 24.4. The number of hydrogen-bond donors (Lipinski definition) is 1. The molecule has 7 heteroatoms. The van der Waals surface area contributed by atoms with Crippen molar-refractivity contribution in [2.75, 3.05) is 18.6 Å². The zero-order valence-electron chi connectivity index (χ0n) is 19.6. The van der Waals surface area contributed by atoms with Crippen molar-refractivity contribution in [1.82, 2.24) is 0 Å². The summed E-state index contributed by atoms with van der Waals surface area (Å²) in [6.07, 6.45) is 2.31. The summed E-state index contributed by atoms with van der Waals surface area (Å²) < 4.78 is 16.7. The van der Waals surface area contributed by atoms with Gasteiger partial charge < -0.3 is 19.0 Å². The first-order chi connectivity index (χ1) is 16.4. The molecule has 0 saturated carbocycles. The fourth-order valence-corrected chi connectivity index (χ4v) is 4.17. The lowest BCUT2D eigenvalue weighted by Gasteiger charge is -2.24. The summed E-state index contributed by atoms with van der Waals surface area (Å²) in [5.41, 5.74) is 2.39. The normalized spacial score (nSPS) is 17.3. The third kappa shape index (κ3) is 4.05. The number of benzene rings is 2. The van der Waals surface area contributed by atoms with Crippen molar-refractivity contribution in [2.24, 2.45) is 0 Å². The topological polar surface area (TPSA) is 89.2 Å². The fraction of sp³-hybridized carbons (Fsp3) is 0.259. The molecule has 176 valence electrons. The van der Waals surface area contributed by atoms with Crippen molar-refractivity contribution in [3.8, 4) is 11.5 Å². The van der Waals surface area contributed by atoms with Crippen LogP contribution in [0.4, 0.5) is 5.69 Å². The summed E-state index contributed by atoms with van der Waals surface area (Å²) in [6.45, 7) is 6.19. The molecule has 0 spiro atoms. The second-order valence-electron chi connectivity index (χ2n) is 8.17. The monoisotopic (exact) mass is 461 g/mol. The van der Waals surface area contributed by atoms with E-state index in [0.29, 0.717) is 40.7 Å². The molecule has 0 radical (unpaired) electrons. The Morgan fingerprint density at radius 3 is 2.56 bits per heavy atom. The third-order valence-corrected chi connectivity index (χ3v) is 5.82. The van der Waals surface area contributed by atoms with E-state index in [9.17, 15) is 14.7 Å². The van der Waals surface area contributed by atoms with E-state index in [1.807, 2.05) is 20.8 Å². The smallest absolute Gasteiger partial charge is 0.300 e. The van der Waals surface area contributed by atoms with Crippen LogP contribution in [0.3, 0.4) is 0 Å². The molecule has 1 aliphatic rings. The first kappa shape index (κ1) is 23.2. The molecule has 0 bridgehead atoms. The number of methoxy groups -OCH3 is 1. The van der Waals surface area contributed by atoms with Gasteiger partial charge in [0.15, 0.2) is 0 Å². The maximum absolute atomic E-state index is 13.3. The number of anilines is 1. The molecular weight excluding hydrogens is 434 g/mol. The number of nitrogens with zero attached hydrogens (tertiary/aromatic N) is 1. The summed E-state index contributed by atoms with van der Waals surface area (Å²) in [5.74, 6) is -0.181. The van der Waals surface area contributed by atoms with Gasteiger partial charge in [0.25, 0.3) is 11.7 Å². The molecule has 1 aromatic heterocycles. The maximum atomic E-state index is 13.3. The van der Waals surface area contributed by atoms with Gasteiger partial charge in [0.2, 0.25) is 0 Å². The van der Waals surface area contributed by atoms with Gasteiger partial charge in [0, 0.05) is 17.3 Å². The maximum Gasteiger partial charge on any atom is 0.300 e. The number of aliphatic hydroxyl groups is 1. The molecule has 1 fully saturated rings. The standard InChI is InChI=1S/C27H27NO6/c1-5-11-33-19-9-6-8-18(15-19)28-24(21-10-7-12-34-21)23(26(30)27(28)31)25(29)20-13-17(3)22(32-4)14-16(20)2/h6-10,12-15,24,29H,5,11H2,1-4H3/b25-23-. The van der Waals surface area contributed by atoms with Crippen LogP contribution in [-0.2, 0) is 9.59 Å². The van der Waals surface area contributed by atoms with E-state index in [1.165, 1.54) is 11.2 Å². The second-order valence-corrected chi connectivity index (χ2v) is 8.17. The number of hydrogen-bond acceptors (Lipinski definition) is 6. The predicted octanol–water partition coefficient (Wildman–Crippen LogP) is 5.32. The molecule has 1 N–H and O–H groups in total. The summed E-state index contributed by atoms with van der Waals surface area (Å²) in [7, 11) is 1.57. The number of amides is 1. The molecule has 1 atom stereocenters. The number of furan rings is 1. The highest BCUT2D eigenvalue weighted by Gasteiger charge is 2.48. The first-order valence-electron chi connectivity index (χ1n) is 11.1. The van der Waals surface area contributed by atoms with Crippen LogP contribution in [0, 0.1) is 13.8 Å². The lowest BCUT2D eigenvalue weighted by Crippen LogP contribution is -2.29. The van der Waals surface area contributed by atoms with E-state index in [-0.39, 0.29) is 11.3 Å². The van der Waals surface area contributed by atoms with E-state index in [4.69, 9.17) is 13.9 Å². The SMILES string of the molecule is CCCOc1cccc(N2C(=O)C(=O)/C(=C(\O)c3cc(C)c(OC)cc3C)C2c2ccco2)c1. The fourth-order valence-electron chi connectivity index (χ4n) is 4.17. The summed E-state index contributed by atoms with van der Waals surface area (Å²) in [5, 5.41) is 11.4. The summed E-state index contributed by atoms with van der Waals surface area (Å²) >= 11 is 0. The van der Waals surface area contributed by atoms with Gasteiger partial charge in [0.05, 0.1) is 25.6 Å². The molecule has 4 rings (SSSR count). The van der Waals surface area contributed by atoms with Crippen LogP contribution in [0.1, 0.15) is 41.8 Å². The van der Waals surface area contributed by atoms with Crippen molar-refractivity contribution in [1.29, 1.82) is 0 Å². The average molecular weight is 462 g/mol. The Bertz CT molecular complexity index is 1260.